The van der Waals surface area contributed by atoms with Gasteiger partial charge in [0.05, 0.1) is 0 Å². The fourth-order valence-corrected chi connectivity index (χ4v) is 1.13. The first-order valence-electron chi connectivity index (χ1n) is 4.90. The fourth-order valence-electron chi connectivity index (χ4n) is 1.13. The summed E-state index contributed by atoms with van der Waals surface area (Å²) < 4.78 is 0. The van der Waals surface area contributed by atoms with Crippen LogP contribution in [0.5, 0.6) is 0 Å². The summed E-state index contributed by atoms with van der Waals surface area (Å²) in [6, 6.07) is 0. The Labute approximate surface area is 86.3 Å². The second-order valence-electron chi connectivity index (χ2n) is 3.13. The Balaban J connectivity index is 2.89. The van der Waals surface area contributed by atoms with Crippen LogP contribution in [-0.4, -0.2) is 0 Å². The van der Waals surface area contributed by atoms with Crippen molar-refractivity contribution in [1.29, 1.82) is 0 Å². The molecule has 1 aliphatic carbocycles. The Morgan fingerprint density at radius 1 is 0.929 bits per heavy atom. The predicted molar refractivity (Wildman–Crippen MR) is 64.1 cm³/mol. The van der Waals surface area contributed by atoms with Gasteiger partial charge in [0.15, 0.2) is 0 Å². The maximum absolute atomic E-state index is 3.91. The molecule has 0 spiro atoms. The molecule has 0 amide bonds. The van der Waals surface area contributed by atoms with Crippen molar-refractivity contribution < 1.29 is 0 Å². The topological polar surface area (TPSA) is 0 Å². The maximum atomic E-state index is 3.91. The highest BCUT2D eigenvalue weighted by Gasteiger charge is 1.85. The monoisotopic (exact) mass is 184 g/mol. The van der Waals surface area contributed by atoms with E-state index in [1.165, 1.54) is 5.57 Å². The molecule has 0 N–H and O–H groups in total. The summed E-state index contributed by atoms with van der Waals surface area (Å²) in [6.45, 7) is 6.07. The lowest BCUT2D eigenvalue weighted by atomic mass is 10.1. The molecule has 0 bridgehead atoms. The lowest BCUT2D eigenvalue weighted by Gasteiger charge is -1.92. The summed E-state index contributed by atoms with van der Waals surface area (Å²) in [5, 5.41) is 0. The minimum Gasteiger partial charge on any atom is -0.0918 e. The van der Waals surface area contributed by atoms with E-state index in [2.05, 4.69) is 31.7 Å². The molecule has 0 aromatic carbocycles. The van der Waals surface area contributed by atoms with Crippen LogP contribution in [0.2, 0.25) is 0 Å². The second-order valence-corrected chi connectivity index (χ2v) is 3.13. The molecular formula is C14H16. The molecule has 0 radical (unpaired) electrons. The zero-order chi connectivity index (χ0) is 10.2. The minimum atomic E-state index is 1.02. The first kappa shape index (κ1) is 10.5. The van der Waals surface area contributed by atoms with Crippen LogP contribution in [-0.2, 0) is 0 Å². The van der Waals surface area contributed by atoms with Crippen molar-refractivity contribution in [2.75, 3.05) is 0 Å². The molecule has 14 heavy (non-hydrogen) atoms. The molecule has 0 aromatic heterocycles. The van der Waals surface area contributed by atoms with Crippen LogP contribution in [0, 0.1) is 0 Å². The van der Waals surface area contributed by atoms with Crippen LogP contribution in [0.4, 0.5) is 0 Å². The first-order chi connectivity index (χ1) is 6.83. The van der Waals surface area contributed by atoms with Crippen LogP contribution < -0.4 is 0 Å². The van der Waals surface area contributed by atoms with Crippen LogP contribution >= 0.6 is 0 Å². The van der Waals surface area contributed by atoms with Crippen molar-refractivity contribution in [3.8, 4) is 0 Å². The summed E-state index contributed by atoms with van der Waals surface area (Å²) in [4.78, 5) is 0. The molecule has 72 valence electrons. The minimum absolute atomic E-state index is 1.02. The van der Waals surface area contributed by atoms with Gasteiger partial charge in [0, 0.05) is 0 Å². The van der Waals surface area contributed by atoms with Gasteiger partial charge in [-0.05, 0) is 17.6 Å². The van der Waals surface area contributed by atoms with Gasteiger partial charge in [-0.1, -0.05) is 68.2 Å². The third-order valence-electron chi connectivity index (χ3n) is 1.98. The fraction of sp³-hybridized carbons (Fsp3) is 0.143. The van der Waals surface area contributed by atoms with Crippen LogP contribution in [0.15, 0.2) is 72.4 Å². The van der Waals surface area contributed by atoms with Crippen molar-refractivity contribution in [3.63, 3.8) is 0 Å². The van der Waals surface area contributed by atoms with Crippen molar-refractivity contribution >= 4 is 0 Å². The van der Waals surface area contributed by atoms with Gasteiger partial charge in [0.2, 0.25) is 0 Å². The molecule has 0 saturated carbocycles. The highest BCUT2D eigenvalue weighted by Crippen LogP contribution is 2.05. The van der Waals surface area contributed by atoms with Gasteiger partial charge in [0.1, 0.15) is 0 Å². The highest BCUT2D eigenvalue weighted by atomic mass is 13.9. The summed E-state index contributed by atoms with van der Waals surface area (Å²) in [7, 11) is 0. The van der Waals surface area contributed by atoms with Gasteiger partial charge >= 0.3 is 0 Å². The van der Waals surface area contributed by atoms with Crippen LogP contribution in [0.3, 0.4) is 0 Å². The number of hydrogen-bond acceptors (Lipinski definition) is 0. The molecule has 0 fully saturated rings. The van der Waals surface area contributed by atoms with Crippen molar-refractivity contribution in [1.82, 2.24) is 0 Å². The largest absolute Gasteiger partial charge is 0.0918 e. The predicted octanol–water partition coefficient (Wildman–Crippen LogP) is 4.12. The zero-order valence-corrected chi connectivity index (χ0v) is 8.61. The summed E-state index contributed by atoms with van der Waals surface area (Å²) >= 11 is 0. The van der Waals surface area contributed by atoms with Crippen molar-refractivity contribution in [3.05, 3.63) is 72.4 Å². The van der Waals surface area contributed by atoms with E-state index < -0.39 is 0 Å². The van der Waals surface area contributed by atoms with Gasteiger partial charge in [0.25, 0.3) is 0 Å². The normalized spacial score (nSPS) is 16.6. The Kier molecular flexibility index (Phi) is 4.49. The molecule has 0 heteroatoms. The number of hydrogen-bond donors (Lipinski definition) is 0. The molecule has 0 aliphatic heterocycles. The van der Waals surface area contributed by atoms with Gasteiger partial charge in [-0.15, -0.1) is 0 Å². The lowest BCUT2D eigenvalue weighted by Crippen LogP contribution is -1.72. The Morgan fingerprint density at radius 2 is 1.57 bits per heavy atom. The summed E-state index contributed by atoms with van der Waals surface area (Å²) in [5.74, 6) is 0. The Hall–Kier alpha value is -1.56. The highest BCUT2D eigenvalue weighted by molar-refractivity contribution is 5.35. The van der Waals surface area contributed by atoms with E-state index in [1.54, 1.807) is 0 Å². The summed E-state index contributed by atoms with van der Waals surface area (Å²) in [6.07, 6.45) is 19.4. The van der Waals surface area contributed by atoms with E-state index in [0.29, 0.717) is 0 Å². The smallest absolute Gasteiger partial charge is 0.0307 e. The SMILES string of the molecule is C=C1C=CC=CC=CC(CC)=CC=C1. The van der Waals surface area contributed by atoms with E-state index >= 15 is 0 Å². The quantitative estimate of drug-likeness (QED) is 0.575. The van der Waals surface area contributed by atoms with E-state index in [1.807, 2.05) is 36.5 Å². The standard InChI is InChI=1S/C14H16/c1-3-14-11-7-5-4-6-9-13(2)10-8-12-14/h4-12H,2-3H2,1H3. The average Bonchev–Trinajstić information content (AvgIpc) is 2.23. The van der Waals surface area contributed by atoms with Gasteiger partial charge in [-0.2, -0.15) is 0 Å². The van der Waals surface area contributed by atoms with Crippen molar-refractivity contribution in [2.45, 2.75) is 13.3 Å². The van der Waals surface area contributed by atoms with E-state index in [4.69, 9.17) is 0 Å². The average molecular weight is 184 g/mol. The zero-order valence-electron chi connectivity index (χ0n) is 8.61. The molecular weight excluding hydrogens is 168 g/mol. The van der Waals surface area contributed by atoms with Gasteiger partial charge < -0.3 is 0 Å². The maximum Gasteiger partial charge on any atom is -0.0307 e. The molecule has 1 aliphatic rings. The number of allylic oxidation sites excluding steroid dienone is 11. The molecule has 0 aromatic rings. The summed E-state index contributed by atoms with van der Waals surface area (Å²) in [5.41, 5.74) is 2.34. The molecule has 0 atom stereocenters. The Morgan fingerprint density at radius 3 is 2.29 bits per heavy atom. The van der Waals surface area contributed by atoms with Gasteiger partial charge in [-0.25, -0.2) is 0 Å². The molecule has 1 rings (SSSR count). The molecule has 0 unspecified atom stereocenters. The molecule has 0 heterocycles. The molecule has 0 nitrogen and oxygen atoms in total. The third-order valence-corrected chi connectivity index (χ3v) is 1.98. The van der Waals surface area contributed by atoms with E-state index in [0.717, 1.165) is 12.0 Å². The van der Waals surface area contributed by atoms with Crippen molar-refractivity contribution in [2.24, 2.45) is 0 Å². The van der Waals surface area contributed by atoms with E-state index in [9.17, 15) is 0 Å². The second kappa shape index (κ2) is 5.98. The first-order valence-corrected chi connectivity index (χ1v) is 4.90. The van der Waals surface area contributed by atoms with Crippen LogP contribution in [0.1, 0.15) is 13.3 Å². The number of rotatable bonds is 1. The lowest BCUT2D eigenvalue weighted by molar-refractivity contribution is 1.15. The van der Waals surface area contributed by atoms with Crippen LogP contribution in [0.25, 0.3) is 0 Å². The van der Waals surface area contributed by atoms with Gasteiger partial charge in [-0.3, -0.25) is 0 Å². The molecule has 0 saturated heterocycles. The third kappa shape index (κ3) is 3.90. The Bertz CT molecular complexity index is 333. The van der Waals surface area contributed by atoms with E-state index in [-0.39, 0.29) is 0 Å².